The van der Waals surface area contributed by atoms with Crippen LogP contribution in [0.15, 0.2) is 0 Å². The van der Waals surface area contributed by atoms with Gasteiger partial charge in [0.05, 0.1) is 25.4 Å². The fraction of sp³-hybridized carbons (Fsp3) is 0.765. The van der Waals surface area contributed by atoms with Gasteiger partial charge in [0, 0.05) is 23.5 Å². The van der Waals surface area contributed by atoms with Gasteiger partial charge in [-0.15, -0.1) is 0 Å². The van der Waals surface area contributed by atoms with Crippen LogP contribution < -0.4 is 0 Å². The van der Waals surface area contributed by atoms with Crippen LogP contribution in [0.1, 0.15) is 51.9 Å². The van der Waals surface area contributed by atoms with E-state index in [9.17, 15) is 23.6 Å². The predicted octanol–water partition coefficient (Wildman–Crippen LogP) is 4.09. The first kappa shape index (κ1) is 28.1. The van der Waals surface area contributed by atoms with Crippen LogP contribution >= 0.6 is 43.5 Å². The molecule has 0 rings (SSSR count). The smallest absolute Gasteiger partial charge is 0.359 e. The molecule has 0 aromatic rings. The van der Waals surface area contributed by atoms with Crippen molar-refractivity contribution in [2.45, 2.75) is 57.1 Å². The molecule has 0 bridgehead atoms. The van der Waals surface area contributed by atoms with E-state index in [1.165, 1.54) is 0 Å². The molecule has 0 heterocycles. The average molecular weight is 571 g/mol. The van der Waals surface area contributed by atoms with Crippen LogP contribution in [-0.4, -0.2) is 46.5 Å². The Morgan fingerprint density at radius 2 is 1.66 bits per heavy atom. The summed E-state index contributed by atoms with van der Waals surface area (Å²) in [6.45, 7) is 0.988. The van der Waals surface area contributed by atoms with E-state index in [4.69, 9.17) is 21.1 Å². The van der Waals surface area contributed by atoms with Crippen molar-refractivity contribution in [3.8, 4) is 0 Å². The van der Waals surface area contributed by atoms with Crippen molar-refractivity contribution in [3.05, 3.63) is 0 Å². The van der Waals surface area contributed by atoms with Gasteiger partial charge in [0.2, 0.25) is 0 Å². The molecule has 0 aromatic carbocycles. The molecule has 0 fully saturated rings. The summed E-state index contributed by atoms with van der Waals surface area (Å²) in [5.41, 5.74) is 0. The molecule has 2 unspecified atom stereocenters. The Bertz CT molecular complexity index is 552. The van der Waals surface area contributed by atoms with Crippen LogP contribution in [0.2, 0.25) is 0 Å². The van der Waals surface area contributed by atoms with Crippen LogP contribution in [0.25, 0.3) is 0 Å². The number of carbonyl (C=O) groups is 4. The fourth-order valence-electron chi connectivity index (χ4n) is 1.83. The van der Waals surface area contributed by atoms with Crippen molar-refractivity contribution >= 4 is 67.3 Å². The molecule has 0 aliphatic carbocycles. The lowest BCUT2D eigenvalue weighted by atomic mass is 10.1. The molecule has 0 aromatic heterocycles. The Kier molecular flexibility index (Phi) is 15.3. The summed E-state index contributed by atoms with van der Waals surface area (Å²) in [6.07, 6.45) is 0.182. The second-order valence-electron chi connectivity index (χ2n) is 5.79. The van der Waals surface area contributed by atoms with E-state index in [2.05, 4.69) is 41.6 Å². The first-order valence-corrected chi connectivity index (χ1v) is 11.5. The monoisotopic (exact) mass is 568 g/mol. The number of hydrogen-bond acceptors (Lipinski definition) is 8. The van der Waals surface area contributed by atoms with E-state index in [1.54, 1.807) is 6.92 Å². The first-order chi connectivity index (χ1) is 13.7. The highest BCUT2D eigenvalue weighted by Gasteiger charge is 2.38. The topological polar surface area (TPSA) is 105 Å². The number of hydrogen-bond donors (Lipinski definition) is 0. The Morgan fingerprint density at radius 1 is 1.00 bits per heavy atom. The highest BCUT2D eigenvalue weighted by molar-refractivity contribution is 9.09. The second kappa shape index (κ2) is 15.8. The van der Waals surface area contributed by atoms with E-state index in [0.717, 1.165) is 0 Å². The van der Waals surface area contributed by atoms with Crippen LogP contribution in [0.4, 0.5) is 4.39 Å². The average Bonchev–Trinajstić information content (AvgIpc) is 2.66. The van der Waals surface area contributed by atoms with Gasteiger partial charge in [-0.05, 0) is 30.9 Å². The van der Waals surface area contributed by atoms with Crippen molar-refractivity contribution in [3.63, 3.8) is 0 Å². The van der Waals surface area contributed by atoms with Crippen molar-refractivity contribution in [1.29, 1.82) is 0 Å². The predicted molar refractivity (Wildman–Crippen MR) is 108 cm³/mol. The largest absolute Gasteiger partial charge is 0.408 e. The number of halogens is 4. The Hall–Kier alpha value is -0.940. The van der Waals surface area contributed by atoms with Gasteiger partial charge in [0.15, 0.2) is 0 Å². The van der Waals surface area contributed by atoms with E-state index in [1.807, 2.05) is 0 Å². The standard InChI is InChI=1S/C17H24Br2ClFO8/c1-2-13(22)26-17(20,27-14(23)7-9-18)8-6-12(11-19)16(25)29-28-15(24)5-3-4-10-21/h12H,2-11H2,1H3. The molecule has 0 N–H and O–H groups in total. The summed E-state index contributed by atoms with van der Waals surface area (Å²) < 4.78 is 22.1. The third kappa shape index (κ3) is 13.1. The van der Waals surface area contributed by atoms with Gasteiger partial charge in [-0.1, -0.05) is 38.8 Å². The normalized spacial score (nSPS) is 13.7. The number of rotatable bonds is 14. The Labute approximate surface area is 190 Å². The molecule has 0 saturated carbocycles. The van der Waals surface area contributed by atoms with Gasteiger partial charge < -0.3 is 9.47 Å². The summed E-state index contributed by atoms with van der Waals surface area (Å²) in [4.78, 5) is 55.8. The Balaban J connectivity index is 4.77. The van der Waals surface area contributed by atoms with Crippen molar-refractivity contribution in [2.75, 3.05) is 17.3 Å². The number of ether oxygens (including phenoxy) is 2. The molecule has 0 amide bonds. The molecular formula is C17H24Br2ClFO8. The molecular weight excluding hydrogens is 546 g/mol. The molecule has 12 heteroatoms. The number of esters is 2. The fourth-order valence-corrected chi connectivity index (χ4v) is 3.02. The van der Waals surface area contributed by atoms with Crippen LogP contribution in [0.5, 0.6) is 0 Å². The second-order valence-corrected chi connectivity index (χ2v) is 7.81. The zero-order valence-corrected chi connectivity index (χ0v) is 19.9. The minimum absolute atomic E-state index is 0.000415. The summed E-state index contributed by atoms with van der Waals surface area (Å²) >= 11 is 12.4. The minimum atomic E-state index is -2.07. The lowest BCUT2D eigenvalue weighted by molar-refractivity contribution is -0.262. The van der Waals surface area contributed by atoms with Crippen LogP contribution in [0.3, 0.4) is 0 Å². The van der Waals surface area contributed by atoms with Crippen molar-refractivity contribution in [1.82, 2.24) is 0 Å². The number of carbonyl (C=O) groups excluding carboxylic acids is 4. The Morgan fingerprint density at radius 3 is 2.21 bits per heavy atom. The molecule has 2 atom stereocenters. The maximum atomic E-state index is 12.1. The molecule has 29 heavy (non-hydrogen) atoms. The SMILES string of the molecule is CCC(=O)OC(Cl)(CCC(CBr)C(=O)OOC(=O)CCCCF)OC(=O)CCBr. The van der Waals surface area contributed by atoms with Gasteiger partial charge >= 0.3 is 29.1 Å². The van der Waals surface area contributed by atoms with E-state index in [0.29, 0.717) is 5.33 Å². The van der Waals surface area contributed by atoms with Gasteiger partial charge in [-0.25, -0.2) is 19.4 Å². The third-order valence-electron chi connectivity index (χ3n) is 3.41. The summed E-state index contributed by atoms with van der Waals surface area (Å²) in [7, 11) is 0. The number of alkyl halides is 4. The van der Waals surface area contributed by atoms with E-state index < -0.39 is 41.7 Å². The zero-order valence-electron chi connectivity index (χ0n) is 15.9. The van der Waals surface area contributed by atoms with Crippen molar-refractivity contribution in [2.24, 2.45) is 5.92 Å². The third-order valence-corrected chi connectivity index (χ3v) is 4.93. The molecule has 0 saturated heterocycles. The molecule has 0 aliphatic heterocycles. The van der Waals surface area contributed by atoms with Crippen LogP contribution in [-0.2, 0) is 38.4 Å². The van der Waals surface area contributed by atoms with Gasteiger partial charge in [0.1, 0.15) is 0 Å². The first-order valence-electron chi connectivity index (χ1n) is 8.93. The molecule has 8 nitrogen and oxygen atoms in total. The van der Waals surface area contributed by atoms with E-state index in [-0.39, 0.29) is 50.3 Å². The molecule has 168 valence electrons. The summed E-state index contributed by atoms with van der Waals surface area (Å²) in [6, 6.07) is 0. The lowest BCUT2D eigenvalue weighted by Gasteiger charge is -2.27. The van der Waals surface area contributed by atoms with Crippen molar-refractivity contribution < 1.29 is 42.8 Å². The maximum Gasteiger partial charge on any atom is 0.359 e. The quantitative estimate of drug-likeness (QED) is 0.0768. The minimum Gasteiger partial charge on any atom is -0.408 e. The molecule has 0 spiro atoms. The lowest BCUT2D eigenvalue weighted by Crippen LogP contribution is -2.36. The summed E-state index contributed by atoms with van der Waals surface area (Å²) in [5.74, 6) is -3.88. The highest BCUT2D eigenvalue weighted by atomic mass is 79.9. The number of unbranched alkanes of at least 4 members (excludes halogenated alkanes) is 1. The van der Waals surface area contributed by atoms with E-state index >= 15 is 0 Å². The van der Waals surface area contributed by atoms with Gasteiger partial charge in [-0.2, -0.15) is 0 Å². The molecule has 0 radical (unpaired) electrons. The molecule has 0 aliphatic rings. The van der Waals surface area contributed by atoms with Gasteiger partial charge in [0.25, 0.3) is 0 Å². The van der Waals surface area contributed by atoms with Gasteiger partial charge in [-0.3, -0.25) is 14.0 Å². The zero-order chi connectivity index (χ0) is 22.3. The maximum absolute atomic E-state index is 12.1. The summed E-state index contributed by atoms with van der Waals surface area (Å²) in [5, 5.41) is -1.63. The highest BCUT2D eigenvalue weighted by Crippen LogP contribution is 2.29. The van der Waals surface area contributed by atoms with Crippen LogP contribution in [0, 0.1) is 5.92 Å².